The molecule has 0 spiro atoms. The van der Waals surface area contributed by atoms with Crippen molar-refractivity contribution in [3.8, 4) is 5.88 Å². The van der Waals surface area contributed by atoms with Crippen LogP contribution in [-0.4, -0.2) is 17.0 Å². The maximum absolute atomic E-state index is 12.0. The van der Waals surface area contributed by atoms with Crippen molar-refractivity contribution in [2.45, 2.75) is 0 Å². The van der Waals surface area contributed by atoms with E-state index in [2.05, 4.69) is 15.0 Å². The molecule has 2 rings (SSSR count). The highest BCUT2D eigenvalue weighted by Crippen LogP contribution is 2.16. The zero-order valence-corrected chi connectivity index (χ0v) is 10.4. The molecule has 7 heteroatoms. The number of hydrogen-bond acceptors (Lipinski definition) is 5. The molecule has 0 radical (unpaired) electrons. The van der Waals surface area contributed by atoms with Crippen molar-refractivity contribution >= 4 is 23.4 Å². The molecule has 1 aromatic heterocycles. The topological polar surface area (TPSA) is 120 Å². The summed E-state index contributed by atoms with van der Waals surface area (Å²) in [7, 11) is 0. The number of rotatable bonds is 3. The van der Waals surface area contributed by atoms with Gasteiger partial charge >= 0.3 is 6.09 Å². The Morgan fingerprint density at radius 1 is 1.15 bits per heavy atom. The minimum absolute atomic E-state index is 0.0186. The third-order valence-electron chi connectivity index (χ3n) is 2.29. The number of carbonyl (C=O) groups excluding carboxylic acids is 2. The number of aromatic nitrogens is 1. The fraction of sp³-hybridized carbons (Fsp3) is 0. The van der Waals surface area contributed by atoms with Crippen molar-refractivity contribution in [2.24, 2.45) is 5.73 Å². The summed E-state index contributed by atoms with van der Waals surface area (Å²) in [5.74, 6) is -0.603. The molecule has 0 unspecified atom stereocenters. The number of ether oxygens (including phenoxy) is 1. The highest BCUT2D eigenvalue weighted by molar-refractivity contribution is 6.03. The molecule has 20 heavy (non-hydrogen) atoms. The fourth-order valence-corrected chi connectivity index (χ4v) is 1.51. The predicted octanol–water partition coefficient (Wildman–Crippen LogP) is 1.37. The predicted molar refractivity (Wildman–Crippen MR) is 73.3 cm³/mol. The van der Waals surface area contributed by atoms with Crippen LogP contribution in [0.5, 0.6) is 5.88 Å². The second-order valence-corrected chi connectivity index (χ2v) is 3.87. The molecule has 0 aliphatic carbocycles. The lowest BCUT2D eigenvalue weighted by atomic mass is 10.2. The van der Waals surface area contributed by atoms with Gasteiger partial charge in [-0.3, -0.25) is 4.79 Å². The zero-order valence-electron chi connectivity index (χ0n) is 10.4. The van der Waals surface area contributed by atoms with E-state index in [4.69, 9.17) is 11.5 Å². The smallest absolute Gasteiger partial charge is 0.399 e. The van der Waals surface area contributed by atoms with Crippen molar-refractivity contribution in [3.63, 3.8) is 0 Å². The molecule has 0 aliphatic rings. The van der Waals surface area contributed by atoms with Gasteiger partial charge in [0.25, 0.3) is 5.91 Å². The second kappa shape index (κ2) is 5.70. The summed E-state index contributed by atoms with van der Waals surface area (Å²) >= 11 is 0. The van der Waals surface area contributed by atoms with Crippen molar-refractivity contribution in [1.29, 1.82) is 0 Å². The van der Waals surface area contributed by atoms with Gasteiger partial charge in [-0.25, -0.2) is 9.78 Å². The Balaban J connectivity index is 2.21. The maximum Gasteiger partial charge on any atom is 0.411 e. The van der Waals surface area contributed by atoms with Crippen LogP contribution in [0.25, 0.3) is 0 Å². The van der Waals surface area contributed by atoms with E-state index in [0.717, 1.165) is 0 Å². The van der Waals surface area contributed by atoms with Crippen molar-refractivity contribution in [2.75, 3.05) is 11.1 Å². The number of para-hydroxylation sites is 1. The standard InChI is InChI=1S/C13H12N4O3/c14-8-6-10(17-11(7-8)20-13(15)19)12(18)16-9-4-2-1-3-5-9/h1-7H,(H2,14,17)(H2,15,19)(H,16,18). The van der Waals surface area contributed by atoms with Gasteiger partial charge in [-0.2, -0.15) is 0 Å². The normalized spacial score (nSPS) is 9.80. The number of hydrogen-bond donors (Lipinski definition) is 3. The number of amides is 2. The molecule has 1 aromatic carbocycles. The average Bonchev–Trinajstić information content (AvgIpc) is 2.38. The van der Waals surface area contributed by atoms with Crippen LogP contribution in [0.2, 0.25) is 0 Å². The fourth-order valence-electron chi connectivity index (χ4n) is 1.51. The number of primary amides is 1. The van der Waals surface area contributed by atoms with E-state index >= 15 is 0 Å². The molecule has 0 aliphatic heterocycles. The largest absolute Gasteiger partial charge is 0.411 e. The molecule has 0 saturated heterocycles. The molecule has 0 fully saturated rings. The van der Waals surface area contributed by atoms with Crippen LogP contribution in [0.4, 0.5) is 16.2 Å². The SMILES string of the molecule is NC(=O)Oc1cc(N)cc(C(=O)Nc2ccccc2)n1. The number of nitrogens with one attached hydrogen (secondary N) is 1. The monoisotopic (exact) mass is 272 g/mol. The molecular formula is C13H12N4O3. The van der Waals surface area contributed by atoms with E-state index in [1.54, 1.807) is 24.3 Å². The maximum atomic E-state index is 12.0. The lowest BCUT2D eigenvalue weighted by Crippen LogP contribution is -2.19. The van der Waals surface area contributed by atoms with Crippen molar-refractivity contribution in [1.82, 2.24) is 4.98 Å². The Labute approximate surface area is 114 Å². The number of nitrogen functional groups attached to an aromatic ring is 1. The first-order valence-electron chi connectivity index (χ1n) is 5.66. The quantitative estimate of drug-likeness (QED) is 0.779. The van der Waals surface area contributed by atoms with E-state index in [1.807, 2.05) is 6.07 Å². The summed E-state index contributed by atoms with van der Waals surface area (Å²) in [4.78, 5) is 26.5. The van der Waals surface area contributed by atoms with Crippen LogP contribution in [-0.2, 0) is 0 Å². The van der Waals surface area contributed by atoms with Crippen molar-refractivity contribution < 1.29 is 14.3 Å². The van der Waals surface area contributed by atoms with Gasteiger partial charge in [-0.1, -0.05) is 18.2 Å². The Kier molecular flexibility index (Phi) is 3.80. The van der Waals surface area contributed by atoms with Gasteiger partial charge in [-0.05, 0) is 18.2 Å². The second-order valence-electron chi connectivity index (χ2n) is 3.87. The molecule has 102 valence electrons. The van der Waals surface area contributed by atoms with Crippen LogP contribution < -0.4 is 21.5 Å². The Bertz CT molecular complexity index is 643. The summed E-state index contributed by atoms with van der Waals surface area (Å²) in [6.07, 6.45) is -1.03. The van der Waals surface area contributed by atoms with Gasteiger partial charge in [0.1, 0.15) is 5.69 Å². The molecule has 0 atom stereocenters. The highest BCUT2D eigenvalue weighted by atomic mass is 16.6. The molecule has 0 bridgehead atoms. The molecule has 0 saturated carbocycles. The molecule has 2 amide bonds. The van der Waals surface area contributed by atoms with Gasteiger partial charge < -0.3 is 21.5 Å². The molecule has 5 N–H and O–H groups in total. The van der Waals surface area contributed by atoms with Crippen LogP contribution in [0.1, 0.15) is 10.5 Å². The zero-order chi connectivity index (χ0) is 14.5. The van der Waals surface area contributed by atoms with E-state index in [-0.39, 0.29) is 17.3 Å². The number of anilines is 2. The molecule has 7 nitrogen and oxygen atoms in total. The molecular weight excluding hydrogens is 260 g/mol. The van der Waals surface area contributed by atoms with Gasteiger partial charge in [0.2, 0.25) is 5.88 Å². The van der Waals surface area contributed by atoms with Gasteiger partial charge in [-0.15, -0.1) is 0 Å². The summed E-state index contributed by atoms with van der Waals surface area (Å²) in [6.45, 7) is 0. The van der Waals surface area contributed by atoms with Crippen LogP contribution in [0.15, 0.2) is 42.5 Å². The number of nitrogens with two attached hydrogens (primary N) is 2. The first kappa shape index (κ1) is 13.3. The van der Waals surface area contributed by atoms with Crippen molar-refractivity contribution in [3.05, 3.63) is 48.2 Å². The van der Waals surface area contributed by atoms with Gasteiger partial charge in [0, 0.05) is 17.4 Å². The van der Waals surface area contributed by atoms with E-state index in [0.29, 0.717) is 5.69 Å². The Morgan fingerprint density at radius 2 is 1.85 bits per heavy atom. The number of benzene rings is 1. The minimum Gasteiger partial charge on any atom is -0.399 e. The van der Waals surface area contributed by atoms with Gasteiger partial charge in [0.15, 0.2) is 0 Å². The third-order valence-corrected chi connectivity index (χ3v) is 2.29. The van der Waals surface area contributed by atoms with Crippen LogP contribution in [0, 0.1) is 0 Å². The van der Waals surface area contributed by atoms with E-state index in [1.165, 1.54) is 12.1 Å². The van der Waals surface area contributed by atoms with E-state index in [9.17, 15) is 9.59 Å². The number of nitrogens with zero attached hydrogens (tertiary/aromatic N) is 1. The summed E-state index contributed by atoms with van der Waals surface area (Å²) in [5, 5.41) is 2.64. The van der Waals surface area contributed by atoms with Crippen LogP contribution in [0.3, 0.4) is 0 Å². The molecule has 2 aromatic rings. The lowest BCUT2D eigenvalue weighted by Gasteiger charge is -2.07. The average molecular weight is 272 g/mol. The lowest BCUT2D eigenvalue weighted by molar-refractivity contribution is 0.102. The summed E-state index contributed by atoms with van der Waals surface area (Å²) < 4.78 is 4.60. The Hall–Kier alpha value is -3.09. The minimum atomic E-state index is -1.03. The number of carbonyl (C=O) groups is 2. The van der Waals surface area contributed by atoms with Gasteiger partial charge in [0.05, 0.1) is 0 Å². The first-order chi connectivity index (χ1) is 9.54. The number of pyridine rings is 1. The highest BCUT2D eigenvalue weighted by Gasteiger charge is 2.12. The third kappa shape index (κ3) is 3.45. The summed E-state index contributed by atoms with van der Waals surface area (Å²) in [5.41, 5.74) is 11.4. The summed E-state index contributed by atoms with van der Waals surface area (Å²) in [6, 6.07) is 11.5. The van der Waals surface area contributed by atoms with Crippen LogP contribution >= 0.6 is 0 Å². The first-order valence-corrected chi connectivity index (χ1v) is 5.66. The Morgan fingerprint density at radius 3 is 2.50 bits per heavy atom. The van der Waals surface area contributed by atoms with E-state index < -0.39 is 12.0 Å². The molecule has 1 heterocycles.